The van der Waals surface area contributed by atoms with Crippen molar-refractivity contribution in [1.29, 1.82) is 0 Å². The number of nitrogens with one attached hydrogen (secondary N) is 3. The van der Waals surface area contributed by atoms with Crippen LogP contribution in [0.25, 0.3) is 0 Å². The summed E-state index contributed by atoms with van der Waals surface area (Å²) in [5.74, 6) is 4.69. The second-order valence-electron chi connectivity index (χ2n) is 10.6. The summed E-state index contributed by atoms with van der Waals surface area (Å²) >= 11 is 0. The van der Waals surface area contributed by atoms with E-state index < -0.39 is 0 Å². The molecule has 2 aliphatic carbocycles. The zero-order chi connectivity index (χ0) is 22.6. The molecular weight excluding hydrogens is 414 g/mol. The van der Waals surface area contributed by atoms with Gasteiger partial charge in [0.15, 0.2) is 5.76 Å². The summed E-state index contributed by atoms with van der Waals surface area (Å²) in [7, 11) is 0. The first-order valence-electron chi connectivity index (χ1n) is 13.1. The van der Waals surface area contributed by atoms with Crippen LogP contribution in [0.2, 0.25) is 0 Å². The quantitative estimate of drug-likeness (QED) is 0.572. The molecule has 0 spiro atoms. The Hall–Kier alpha value is -1.81. The molecule has 1 aromatic heterocycles. The second-order valence-corrected chi connectivity index (χ2v) is 10.6. The molecule has 4 aliphatic rings. The van der Waals surface area contributed by atoms with Crippen molar-refractivity contribution in [3.63, 3.8) is 0 Å². The SMILES string of the molecule is C#CCNC(=O)c1cc(C2CNC3NCC(C4CCCCC4OC4CCCCC4)CC32)co1. The molecule has 6 atom stereocenters. The minimum atomic E-state index is -0.244. The van der Waals surface area contributed by atoms with Crippen LogP contribution in [-0.2, 0) is 4.74 Å². The van der Waals surface area contributed by atoms with E-state index in [1.165, 1.54) is 64.2 Å². The van der Waals surface area contributed by atoms with Crippen molar-refractivity contribution in [3.8, 4) is 12.3 Å². The van der Waals surface area contributed by atoms with E-state index in [0.29, 0.717) is 47.8 Å². The summed E-state index contributed by atoms with van der Waals surface area (Å²) in [6, 6.07) is 1.90. The van der Waals surface area contributed by atoms with Gasteiger partial charge in [-0.1, -0.05) is 38.0 Å². The molecule has 1 amide bonds. The maximum absolute atomic E-state index is 12.2. The molecule has 0 bridgehead atoms. The first kappa shape index (κ1) is 23.0. The van der Waals surface area contributed by atoms with Crippen LogP contribution < -0.4 is 16.0 Å². The summed E-state index contributed by atoms with van der Waals surface area (Å²) in [5, 5.41) is 10.2. The van der Waals surface area contributed by atoms with Gasteiger partial charge in [0, 0.05) is 12.5 Å². The summed E-state index contributed by atoms with van der Waals surface area (Å²) in [4.78, 5) is 12.2. The highest BCUT2D eigenvalue weighted by Crippen LogP contribution is 2.44. The van der Waals surface area contributed by atoms with E-state index in [0.717, 1.165) is 18.7 Å². The Bertz CT molecular complexity index is 840. The predicted octanol–water partition coefficient (Wildman–Crippen LogP) is 3.79. The molecule has 6 nitrogen and oxygen atoms in total. The molecule has 0 aromatic carbocycles. The third kappa shape index (κ3) is 5.16. The van der Waals surface area contributed by atoms with Crippen LogP contribution in [0.15, 0.2) is 16.7 Å². The molecule has 5 rings (SSSR count). The fraction of sp³-hybridized carbons (Fsp3) is 0.741. The Morgan fingerprint density at radius 2 is 1.88 bits per heavy atom. The predicted molar refractivity (Wildman–Crippen MR) is 128 cm³/mol. The second kappa shape index (κ2) is 10.6. The highest BCUT2D eigenvalue weighted by Gasteiger charge is 2.45. The molecule has 3 N–H and O–H groups in total. The molecule has 2 saturated carbocycles. The number of piperidine rings is 1. The lowest BCUT2D eigenvalue weighted by Crippen LogP contribution is -2.52. The topological polar surface area (TPSA) is 75.5 Å². The average molecular weight is 454 g/mol. The summed E-state index contributed by atoms with van der Waals surface area (Å²) in [5.41, 5.74) is 1.11. The van der Waals surface area contributed by atoms with Crippen LogP contribution in [0.3, 0.4) is 0 Å². The molecule has 0 radical (unpaired) electrons. The third-order valence-electron chi connectivity index (χ3n) is 8.58. The van der Waals surface area contributed by atoms with Crippen molar-refractivity contribution in [2.45, 2.75) is 88.5 Å². The van der Waals surface area contributed by atoms with Crippen LogP contribution in [0.4, 0.5) is 0 Å². The number of terminal acetylenes is 1. The van der Waals surface area contributed by atoms with Gasteiger partial charge < -0.3 is 25.1 Å². The Kier molecular flexibility index (Phi) is 7.40. The molecule has 2 aliphatic heterocycles. The normalized spacial score (nSPS) is 35.0. The number of carbonyl (C=O) groups excluding carboxylic acids is 1. The largest absolute Gasteiger partial charge is 0.459 e. The average Bonchev–Trinajstić information content (AvgIpc) is 3.50. The van der Waals surface area contributed by atoms with E-state index in [1.54, 1.807) is 6.26 Å². The van der Waals surface area contributed by atoms with Gasteiger partial charge in [0.25, 0.3) is 5.91 Å². The molecule has 3 heterocycles. The van der Waals surface area contributed by atoms with E-state index >= 15 is 0 Å². The highest BCUT2D eigenvalue weighted by molar-refractivity contribution is 5.91. The Morgan fingerprint density at radius 1 is 1.09 bits per heavy atom. The van der Waals surface area contributed by atoms with Crippen molar-refractivity contribution in [2.75, 3.05) is 19.6 Å². The van der Waals surface area contributed by atoms with Crippen LogP contribution >= 0.6 is 0 Å². The van der Waals surface area contributed by atoms with Gasteiger partial charge >= 0.3 is 0 Å². The van der Waals surface area contributed by atoms with Gasteiger partial charge in [0.2, 0.25) is 0 Å². The number of furan rings is 1. The summed E-state index contributed by atoms with van der Waals surface area (Å²) < 4.78 is 12.4. The van der Waals surface area contributed by atoms with Crippen molar-refractivity contribution in [3.05, 3.63) is 23.7 Å². The van der Waals surface area contributed by atoms with Crippen LogP contribution in [0.5, 0.6) is 0 Å². The van der Waals surface area contributed by atoms with Gasteiger partial charge in [0.1, 0.15) is 0 Å². The minimum Gasteiger partial charge on any atom is -0.459 e. The van der Waals surface area contributed by atoms with Gasteiger partial charge in [-0.15, -0.1) is 6.42 Å². The number of carbonyl (C=O) groups is 1. The van der Waals surface area contributed by atoms with Crippen molar-refractivity contribution in [2.24, 2.45) is 17.8 Å². The standard InChI is InChI=1S/C27H39N3O3/c1-2-12-28-27(31)25-14-19(17-32-25)23-16-30-26-22(23)13-18(15-29-26)21-10-6-7-11-24(21)33-20-8-4-3-5-9-20/h1,14,17-18,20-24,26,29-30H,3-13,15-16H2,(H,28,31). The molecular formula is C27H39N3O3. The maximum atomic E-state index is 12.2. The minimum absolute atomic E-state index is 0.210. The maximum Gasteiger partial charge on any atom is 0.287 e. The van der Waals surface area contributed by atoms with Crippen molar-refractivity contribution in [1.82, 2.24) is 16.0 Å². The molecule has 1 aromatic rings. The number of rotatable bonds is 6. The van der Waals surface area contributed by atoms with E-state index in [4.69, 9.17) is 15.6 Å². The number of amides is 1. The number of hydrogen-bond acceptors (Lipinski definition) is 5. The first-order valence-corrected chi connectivity index (χ1v) is 13.1. The number of ether oxygens (including phenoxy) is 1. The van der Waals surface area contributed by atoms with Gasteiger partial charge in [0.05, 0.1) is 31.2 Å². The van der Waals surface area contributed by atoms with Crippen molar-refractivity contribution >= 4 is 5.91 Å². The van der Waals surface area contributed by atoms with Crippen LogP contribution in [-0.4, -0.2) is 43.9 Å². The van der Waals surface area contributed by atoms with E-state index in [-0.39, 0.29) is 12.5 Å². The summed E-state index contributed by atoms with van der Waals surface area (Å²) in [6.45, 7) is 2.19. The smallest absolute Gasteiger partial charge is 0.287 e. The van der Waals surface area contributed by atoms with Gasteiger partial charge in [-0.2, -0.15) is 0 Å². The van der Waals surface area contributed by atoms with Crippen LogP contribution in [0.1, 0.15) is 86.2 Å². The molecule has 4 fully saturated rings. The number of hydrogen-bond donors (Lipinski definition) is 3. The van der Waals surface area contributed by atoms with E-state index in [2.05, 4.69) is 21.9 Å². The lowest BCUT2D eigenvalue weighted by molar-refractivity contribution is -0.0901. The van der Waals surface area contributed by atoms with Gasteiger partial charge in [-0.25, -0.2) is 0 Å². The molecule has 6 heteroatoms. The number of fused-ring (bicyclic) bond motifs is 1. The fourth-order valence-corrected chi connectivity index (χ4v) is 6.88. The monoisotopic (exact) mass is 453 g/mol. The fourth-order valence-electron chi connectivity index (χ4n) is 6.88. The first-order chi connectivity index (χ1) is 16.2. The highest BCUT2D eigenvalue weighted by atomic mass is 16.5. The molecule has 180 valence electrons. The molecule has 33 heavy (non-hydrogen) atoms. The molecule has 2 saturated heterocycles. The lowest BCUT2D eigenvalue weighted by Gasteiger charge is -2.44. The summed E-state index contributed by atoms with van der Waals surface area (Å²) in [6.07, 6.45) is 21.2. The zero-order valence-electron chi connectivity index (χ0n) is 19.7. The van der Waals surface area contributed by atoms with Crippen molar-refractivity contribution < 1.29 is 13.9 Å². The molecule has 6 unspecified atom stereocenters. The Balaban J connectivity index is 1.24. The van der Waals surface area contributed by atoms with Gasteiger partial charge in [-0.05, 0) is 68.0 Å². The zero-order valence-corrected chi connectivity index (χ0v) is 19.7. The Labute approximate surface area is 198 Å². The van der Waals surface area contributed by atoms with Crippen LogP contribution in [0, 0.1) is 30.1 Å². The third-order valence-corrected chi connectivity index (χ3v) is 8.58. The lowest BCUT2D eigenvalue weighted by atomic mass is 9.70. The van der Waals surface area contributed by atoms with E-state index in [1.807, 2.05) is 6.07 Å². The Morgan fingerprint density at radius 3 is 2.73 bits per heavy atom. The van der Waals surface area contributed by atoms with E-state index in [9.17, 15) is 4.79 Å². The van der Waals surface area contributed by atoms with Gasteiger partial charge in [-0.3, -0.25) is 4.79 Å².